The Hall–Kier alpha value is -0.436. The Morgan fingerprint density at radius 2 is 1.10 bits per heavy atom. The van der Waals surface area contributed by atoms with Crippen LogP contribution < -0.4 is 0 Å². The molecule has 0 saturated heterocycles. The van der Waals surface area contributed by atoms with E-state index in [9.17, 15) is 9.59 Å². The van der Waals surface area contributed by atoms with Crippen LogP contribution in [0.2, 0.25) is 77.6 Å². The van der Waals surface area contributed by atoms with Crippen molar-refractivity contribution in [1.29, 1.82) is 0 Å². The molecule has 0 aliphatic carbocycles. The van der Waals surface area contributed by atoms with Gasteiger partial charge in [0.05, 0.1) is 13.2 Å². The first-order valence-electron chi connectivity index (χ1n) is 15.0. The zero-order valence-corrected chi connectivity index (χ0v) is 33.2. The average Bonchev–Trinajstić information content (AvgIpc) is 2.76. The molecular formula is C27H60O9Si5. The Morgan fingerprint density at radius 3 is 1.59 bits per heavy atom. The molecule has 9 nitrogen and oxygen atoms in total. The van der Waals surface area contributed by atoms with Gasteiger partial charge < -0.3 is 30.7 Å². The summed E-state index contributed by atoms with van der Waals surface area (Å²) in [6.45, 7) is 30.4. The minimum absolute atomic E-state index is 0.170. The molecule has 0 aromatic heterocycles. The van der Waals surface area contributed by atoms with E-state index in [-0.39, 0.29) is 25.6 Å². The molecule has 0 aromatic carbocycles. The largest absolute Gasteiger partial charge is 0.463 e. The zero-order valence-electron chi connectivity index (χ0n) is 28.2. The summed E-state index contributed by atoms with van der Waals surface area (Å²) >= 11 is 0. The molecule has 41 heavy (non-hydrogen) atoms. The highest BCUT2D eigenvalue weighted by atomic mass is 28.5. The highest BCUT2D eigenvalue weighted by Crippen LogP contribution is 2.28. The molecule has 0 bridgehead atoms. The number of esters is 2. The van der Waals surface area contributed by atoms with Crippen molar-refractivity contribution in [1.82, 2.24) is 0 Å². The van der Waals surface area contributed by atoms with Crippen LogP contribution >= 0.6 is 0 Å². The molecule has 0 aliphatic heterocycles. The average molecular weight is 669 g/mol. The molecule has 0 saturated carbocycles. The maximum Gasteiger partial charge on any atom is 0.333 e. The van der Waals surface area contributed by atoms with E-state index >= 15 is 0 Å². The van der Waals surface area contributed by atoms with Crippen molar-refractivity contribution >= 4 is 54.3 Å². The van der Waals surface area contributed by atoms with Gasteiger partial charge in [0.1, 0.15) is 6.61 Å². The van der Waals surface area contributed by atoms with Crippen molar-refractivity contribution in [2.75, 3.05) is 26.4 Å². The molecule has 0 heterocycles. The highest BCUT2D eigenvalue weighted by Gasteiger charge is 2.45. The minimum atomic E-state index is -2.46. The van der Waals surface area contributed by atoms with Gasteiger partial charge in [-0.1, -0.05) is 26.3 Å². The van der Waals surface area contributed by atoms with Crippen LogP contribution in [0.25, 0.3) is 0 Å². The van der Waals surface area contributed by atoms with Gasteiger partial charge in [0.2, 0.25) is 0 Å². The van der Waals surface area contributed by atoms with Crippen LogP contribution in [0.5, 0.6) is 0 Å². The molecule has 0 unspecified atom stereocenters. The van der Waals surface area contributed by atoms with Gasteiger partial charge in [0, 0.05) is 18.6 Å². The number of hydrogen-bond acceptors (Lipinski definition) is 9. The summed E-state index contributed by atoms with van der Waals surface area (Å²) in [5, 5.41) is 0. The number of rotatable bonds is 23. The number of unbranched alkanes of at least 4 members (excludes halogenated alkanes) is 1. The van der Waals surface area contributed by atoms with Crippen LogP contribution in [0.3, 0.4) is 0 Å². The van der Waals surface area contributed by atoms with Gasteiger partial charge in [0.15, 0.2) is 16.6 Å². The lowest BCUT2D eigenvalue weighted by atomic mass is 10.3. The van der Waals surface area contributed by atoms with Gasteiger partial charge >= 0.3 is 37.6 Å². The summed E-state index contributed by atoms with van der Waals surface area (Å²) in [5.41, 5.74) is 0.340. The molecule has 0 fully saturated rings. The van der Waals surface area contributed by atoms with Gasteiger partial charge in [-0.2, -0.15) is 0 Å². The third kappa shape index (κ3) is 21.8. The molecule has 0 amide bonds. The van der Waals surface area contributed by atoms with E-state index in [1.807, 2.05) is 0 Å². The van der Waals surface area contributed by atoms with Crippen LogP contribution in [0.4, 0.5) is 0 Å². The Morgan fingerprint density at radius 1 is 0.610 bits per heavy atom. The predicted molar refractivity (Wildman–Crippen MR) is 178 cm³/mol. The number of carbonyl (C=O) groups excluding carboxylic acids is 2. The van der Waals surface area contributed by atoms with Gasteiger partial charge in [-0.3, -0.25) is 4.79 Å². The lowest BCUT2D eigenvalue weighted by molar-refractivity contribution is -0.147. The lowest BCUT2D eigenvalue weighted by Gasteiger charge is -2.42. The zero-order chi connectivity index (χ0) is 32.0. The fourth-order valence-corrected chi connectivity index (χ4v) is 29.5. The second-order valence-electron chi connectivity index (χ2n) is 13.2. The van der Waals surface area contributed by atoms with Crippen molar-refractivity contribution in [3.8, 4) is 0 Å². The SMILES string of the molecule is C=C(C)C(=O)OCCCC(=O)OCCOCCC[Si](C)(C)O[Si](C)(C)O[Si](C)(C)O[Si](C)(C)O[Si](C)(C)CCCC. The van der Waals surface area contributed by atoms with E-state index in [4.69, 9.17) is 30.7 Å². The molecule has 0 atom stereocenters. The molecular weight excluding hydrogens is 609 g/mol. The second kappa shape index (κ2) is 18.4. The monoisotopic (exact) mass is 668 g/mol. The summed E-state index contributed by atoms with van der Waals surface area (Å²) in [5.74, 6) is -0.777. The van der Waals surface area contributed by atoms with Crippen LogP contribution in [-0.2, 0) is 40.3 Å². The Balaban J connectivity index is 4.39. The molecule has 0 radical (unpaired) electrons. The molecule has 0 N–H and O–H groups in total. The number of hydrogen-bond donors (Lipinski definition) is 0. The quantitative estimate of drug-likeness (QED) is 0.0484. The van der Waals surface area contributed by atoms with Crippen molar-refractivity contribution in [3.05, 3.63) is 12.2 Å². The summed E-state index contributed by atoms with van der Waals surface area (Å²) in [6.07, 6.45) is 3.86. The van der Waals surface area contributed by atoms with Gasteiger partial charge in [-0.15, -0.1) is 0 Å². The molecule has 0 spiro atoms. The van der Waals surface area contributed by atoms with Gasteiger partial charge in [0.25, 0.3) is 0 Å². The van der Waals surface area contributed by atoms with Crippen LogP contribution in [-0.4, -0.2) is 80.7 Å². The van der Waals surface area contributed by atoms with Crippen LogP contribution in [0.1, 0.15) is 46.0 Å². The third-order valence-corrected chi connectivity index (χ3v) is 25.2. The number of ether oxygens (including phenoxy) is 3. The van der Waals surface area contributed by atoms with Gasteiger partial charge in [-0.25, -0.2) is 4.79 Å². The van der Waals surface area contributed by atoms with E-state index < -0.39 is 48.3 Å². The number of carbonyl (C=O) groups is 2. The van der Waals surface area contributed by atoms with E-state index in [1.165, 1.54) is 12.8 Å². The molecule has 0 aromatic rings. The Labute approximate surface area is 256 Å². The van der Waals surface area contributed by atoms with Crippen LogP contribution in [0, 0.1) is 0 Å². The maximum absolute atomic E-state index is 11.8. The lowest BCUT2D eigenvalue weighted by Crippen LogP contribution is -2.58. The summed E-state index contributed by atoms with van der Waals surface area (Å²) < 4.78 is 42.5. The fourth-order valence-electron chi connectivity index (χ4n) is 4.77. The predicted octanol–water partition coefficient (Wildman–Crippen LogP) is 7.22. The first-order valence-corrected chi connectivity index (χ1v) is 29.7. The normalized spacial score (nSPS) is 13.3. The van der Waals surface area contributed by atoms with E-state index in [1.54, 1.807) is 6.92 Å². The van der Waals surface area contributed by atoms with Crippen molar-refractivity contribution < 1.29 is 40.3 Å². The van der Waals surface area contributed by atoms with Gasteiger partial charge in [-0.05, 0) is 97.3 Å². The second-order valence-corrected chi connectivity index (χ2v) is 32.9. The van der Waals surface area contributed by atoms with Crippen LogP contribution in [0.15, 0.2) is 12.2 Å². The van der Waals surface area contributed by atoms with Crippen molar-refractivity contribution in [2.45, 2.75) is 124 Å². The molecule has 242 valence electrons. The smallest absolute Gasteiger partial charge is 0.333 e. The highest BCUT2D eigenvalue weighted by molar-refractivity contribution is 6.90. The first kappa shape index (κ1) is 40.6. The third-order valence-electron chi connectivity index (χ3n) is 5.82. The molecule has 0 rings (SSSR count). The standard InChI is InChI=1S/C27H60O9Si5/c1-14-15-23-37(4,5)33-39(8,9)35-41(12,13)36-40(10,11)34-38(6,7)24-17-19-30-21-22-31-26(28)18-16-20-32-27(29)25(2)3/h2,14-24H2,1,3-13H3. The fraction of sp³-hybridized carbons (Fsp3) is 0.852. The van der Waals surface area contributed by atoms with E-state index in [0.29, 0.717) is 25.2 Å². The van der Waals surface area contributed by atoms with Crippen molar-refractivity contribution in [2.24, 2.45) is 0 Å². The Bertz CT molecular complexity index is 817. The summed E-state index contributed by atoms with van der Waals surface area (Å²) in [7, 11) is -11.0. The first-order chi connectivity index (χ1) is 18.6. The van der Waals surface area contributed by atoms with Crippen molar-refractivity contribution in [3.63, 3.8) is 0 Å². The van der Waals surface area contributed by atoms with E-state index in [2.05, 4.69) is 79.0 Å². The minimum Gasteiger partial charge on any atom is -0.463 e. The molecule has 0 aliphatic rings. The maximum atomic E-state index is 11.8. The van der Waals surface area contributed by atoms with E-state index in [0.717, 1.165) is 18.5 Å². The summed E-state index contributed by atoms with van der Waals surface area (Å²) in [6, 6.07) is 2.10. The topological polar surface area (TPSA) is 98.8 Å². The summed E-state index contributed by atoms with van der Waals surface area (Å²) in [4.78, 5) is 23.1. The molecule has 14 heteroatoms. The Kier molecular flexibility index (Phi) is 18.2.